The van der Waals surface area contributed by atoms with Crippen molar-refractivity contribution in [1.82, 2.24) is 77.4 Å². The average molecular weight is 1790 g/mol. The largest absolute Gasteiger partial charge is 0.274 e. The van der Waals surface area contributed by atoms with E-state index in [1.165, 1.54) is 200 Å². The van der Waals surface area contributed by atoms with Gasteiger partial charge in [-0.05, 0) is 345 Å². The van der Waals surface area contributed by atoms with Crippen LogP contribution in [0.1, 0.15) is 89.0 Å². The molecular weight excluding hydrogens is 1710 g/mol. The lowest BCUT2D eigenvalue weighted by atomic mass is 9.94. The number of benzene rings is 12. The van der Waals surface area contributed by atoms with Crippen LogP contribution in [0.5, 0.6) is 0 Å². The van der Waals surface area contributed by atoms with Crippen molar-refractivity contribution in [2.75, 3.05) is 0 Å². The van der Waals surface area contributed by atoms with Gasteiger partial charge in [0.05, 0.1) is 44.1 Å². The van der Waals surface area contributed by atoms with E-state index >= 15 is 0 Å². The fourth-order valence-electron chi connectivity index (χ4n) is 26.0. The Morgan fingerprint density at radius 2 is 0.436 bits per heavy atom. The molecule has 0 spiro atoms. The molecule has 0 atom stereocenters. The average Bonchev–Trinajstić information content (AvgIpc) is 1.55. The lowest BCUT2D eigenvalue weighted by molar-refractivity contribution is 1.17. The highest BCUT2D eigenvalue weighted by Gasteiger charge is 2.37. The van der Waals surface area contributed by atoms with Crippen LogP contribution in [0, 0.1) is 0 Å². The molecule has 0 aliphatic heterocycles. The SMILES string of the molecule is c1ccc2c(c1)Cc1c-2ccc2c1-c1ccc3c4ncccc4n4c5ncccc5nc4c3c1C2.c1ccc2c(c1)Cc1c-2ccc2c1Cc1c-2ccc2c3ncccc3n3c4ncccc4nc3c12.c1ccc2c(c1)Cc1cc3c(cc1-2)-c1ccc2c4ncccc4n4c5ncccc5nc4c2c1C3.c1ccc2c(c1)Cc1cc3c(cc1-2)Cc1c-3ccc2c3ncccc3n3c4ncccc4nc3c12. The number of hydrogen-bond acceptors (Lipinski definition) is 12. The number of pyridine rings is 12. The third-order valence-electron chi connectivity index (χ3n) is 31.7. The summed E-state index contributed by atoms with van der Waals surface area (Å²) in [5, 5.41) is 9.44. The highest BCUT2D eigenvalue weighted by atomic mass is 15.1. The van der Waals surface area contributed by atoms with Gasteiger partial charge in [-0.25, -0.2) is 39.9 Å². The summed E-state index contributed by atoms with van der Waals surface area (Å²) in [6.45, 7) is 0. The van der Waals surface area contributed by atoms with Crippen LogP contribution in [0.25, 0.3) is 243 Å². The maximum Gasteiger partial charge on any atom is 0.165 e. The smallest absolute Gasteiger partial charge is 0.165 e. The van der Waals surface area contributed by atoms with Gasteiger partial charge in [0, 0.05) is 92.7 Å². The van der Waals surface area contributed by atoms with Gasteiger partial charge in [-0.15, -0.1) is 0 Å². The van der Waals surface area contributed by atoms with Gasteiger partial charge in [0.1, 0.15) is 44.7 Å². The Labute approximate surface area is 796 Å². The first kappa shape index (κ1) is 75.1. The zero-order chi connectivity index (χ0) is 90.7. The molecule has 16 heterocycles. The molecule has 0 fully saturated rings. The van der Waals surface area contributed by atoms with Crippen LogP contribution in [0.15, 0.2) is 341 Å². The van der Waals surface area contributed by atoms with Gasteiger partial charge in [-0.1, -0.05) is 176 Å². The summed E-state index contributed by atoms with van der Waals surface area (Å²) in [4.78, 5) is 58.5. The van der Waals surface area contributed by atoms with E-state index in [2.05, 4.69) is 236 Å². The fraction of sp³-hybridized carbons (Fsp3) is 0.0645. The molecular formula is C124H72N16. The Balaban J connectivity index is 0.0000000829. The summed E-state index contributed by atoms with van der Waals surface area (Å²) in [7, 11) is 0. The maximum atomic E-state index is 5.11. The molecule has 648 valence electrons. The summed E-state index contributed by atoms with van der Waals surface area (Å²) in [5.41, 5.74) is 63.7. The molecule has 0 unspecified atom stereocenters. The third kappa shape index (κ3) is 10.2. The fourth-order valence-corrected chi connectivity index (χ4v) is 26.0. The molecule has 0 saturated carbocycles. The maximum absolute atomic E-state index is 5.11. The van der Waals surface area contributed by atoms with Crippen molar-refractivity contribution in [3.63, 3.8) is 0 Å². The van der Waals surface area contributed by atoms with Crippen molar-refractivity contribution in [2.24, 2.45) is 0 Å². The number of fused-ring (bicyclic) bond motifs is 62. The predicted molar refractivity (Wildman–Crippen MR) is 559 cm³/mol. The Morgan fingerprint density at radius 3 is 0.879 bits per heavy atom. The second-order valence-corrected chi connectivity index (χ2v) is 38.6. The van der Waals surface area contributed by atoms with Crippen LogP contribution >= 0.6 is 0 Å². The van der Waals surface area contributed by atoms with Crippen molar-refractivity contribution in [3.05, 3.63) is 430 Å². The Bertz CT molecular complexity index is 10600. The number of rotatable bonds is 0. The quantitative estimate of drug-likeness (QED) is 0.132. The highest BCUT2D eigenvalue weighted by Crippen LogP contribution is 2.56. The van der Waals surface area contributed by atoms with Crippen LogP contribution in [-0.4, -0.2) is 77.4 Å². The molecule has 8 aliphatic carbocycles. The number of nitrogens with zero attached hydrogens (tertiary/aromatic N) is 16. The van der Waals surface area contributed by atoms with Crippen molar-refractivity contribution in [3.8, 4) is 89.0 Å². The van der Waals surface area contributed by atoms with E-state index < -0.39 is 0 Å². The van der Waals surface area contributed by atoms with E-state index in [-0.39, 0.29) is 0 Å². The minimum atomic E-state index is 0.881. The van der Waals surface area contributed by atoms with Gasteiger partial charge < -0.3 is 0 Å². The first-order chi connectivity index (χ1) is 69.4. The Morgan fingerprint density at radius 1 is 0.164 bits per heavy atom. The minimum absolute atomic E-state index is 0.881. The molecule has 16 heteroatoms. The van der Waals surface area contributed by atoms with Crippen LogP contribution in [0.3, 0.4) is 0 Å². The molecule has 0 amide bonds. The van der Waals surface area contributed by atoms with Crippen LogP contribution in [0.4, 0.5) is 0 Å². The zero-order valence-electron chi connectivity index (χ0n) is 75.1. The second-order valence-electron chi connectivity index (χ2n) is 38.6. The van der Waals surface area contributed by atoms with E-state index in [9.17, 15) is 0 Å². The highest BCUT2D eigenvalue weighted by molar-refractivity contribution is 6.21. The summed E-state index contributed by atoms with van der Waals surface area (Å²) in [5.74, 6) is 0. The zero-order valence-corrected chi connectivity index (χ0v) is 75.1. The molecule has 28 aromatic rings. The van der Waals surface area contributed by atoms with Gasteiger partial charge in [0.15, 0.2) is 22.6 Å². The minimum Gasteiger partial charge on any atom is -0.274 e. The Kier molecular flexibility index (Phi) is 14.9. The second kappa shape index (κ2) is 27.7. The summed E-state index contributed by atoms with van der Waals surface area (Å²) in [6, 6.07) is 105. The molecule has 12 aromatic carbocycles. The van der Waals surface area contributed by atoms with E-state index in [1.54, 1.807) is 0 Å². The third-order valence-corrected chi connectivity index (χ3v) is 31.7. The first-order valence-electron chi connectivity index (χ1n) is 48.2. The van der Waals surface area contributed by atoms with E-state index in [0.29, 0.717) is 0 Å². The van der Waals surface area contributed by atoms with Gasteiger partial charge in [-0.2, -0.15) is 0 Å². The topological polar surface area (TPSA) is 172 Å². The van der Waals surface area contributed by atoms with E-state index in [0.717, 1.165) is 184 Å². The van der Waals surface area contributed by atoms with Crippen LogP contribution in [0.2, 0.25) is 0 Å². The normalized spacial score (nSPS) is 13.5. The molecule has 0 radical (unpaired) electrons. The summed E-state index contributed by atoms with van der Waals surface area (Å²) in [6.07, 6.45) is 22.6. The predicted octanol–water partition coefficient (Wildman–Crippen LogP) is 26.9. The molecule has 16 aromatic heterocycles. The molecule has 16 nitrogen and oxygen atoms in total. The number of imidazole rings is 4. The Hall–Kier alpha value is -18.3. The van der Waals surface area contributed by atoms with Crippen molar-refractivity contribution < 1.29 is 0 Å². The number of aromatic nitrogens is 16. The standard InChI is InChI=1S/4C31H18N4/c1-2-6-19-17(5-1)15-23-20(19)10-9-18-16-24-21(27(18)23)11-12-22-28(24)31-34-25-7-3-14-33-30(25)35(31)26-8-4-13-32-29(22)26;1-2-6-18-17(5-1)15-23-19(18)9-10-20-21-11-12-22-28(25(21)16-24(20)23)31-34-26-7-3-14-33-30(26)35(31)27-8-4-13-32-29(22)27;1-2-6-20-17(5-1)13-18-14-24-19(15-23(18)20)16-25-21(24)9-10-22-28(25)31-34-26-7-3-12-33-30(26)35(31)27-8-4-11-32-29(22)27;1-2-6-20-17(5-1)13-18-14-19-15-25-21(24(19)16-23(18)20)9-10-22-28(25)31-34-26-7-3-12-33-30(26)35(31)27-8-4-11-32-29(22)27/h2*1-14H,15-16H2;1-12,14-15H,13,16H2;1-12,14,16H,13,15H2. The molecule has 140 heavy (non-hydrogen) atoms. The van der Waals surface area contributed by atoms with Gasteiger partial charge in [-0.3, -0.25) is 37.5 Å². The van der Waals surface area contributed by atoms with Crippen LogP contribution in [-0.2, 0) is 51.4 Å². The van der Waals surface area contributed by atoms with Crippen molar-refractivity contribution >= 4 is 154 Å². The van der Waals surface area contributed by atoms with Gasteiger partial charge in [0.2, 0.25) is 0 Å². The lowest BCUT2D eigenvalue weighted by Crippen LogP contribution is -1.97. The van der Waals surface area contributed by atoms with Gasteiger partial charge in [0.25, 0.3) is 0 Å². The first-order valence-corrected chi connectivity index (χ1v) is 48.2. The van der Waals surface area contributed by atoms with Crippen molar-refractivity contribution in [2.45, 2.75) is 51.4 Å². The van der Waals surface area contributed by atoms with Gasteiger partial charge >= 0.3 is 0 Å². The summed E-state index contributed by atoms with van der Waals surface area (Å²) < 4.78 is 8.78. The van der Waals surface area contributed by atoms with Crippen molar-refractivity contribution in [1.29, 1.82) is 0 Å². The molecule has 8 aliphatic rings. The number of hydrogen-bond donors (Lipinski definition) is 0. The summed E-state index contributed by atoms with van der Waals surface area (Å²) >= 11 is 0. The van der Waals surface area contributed by atoms with Crippen LogP contribution < -0.4 is 0 Å². The molecule has 0 N–H and O–H groups in total. The molecule has 0 saturated heterocycles. The molecule has 36 rings (SSSR count). The lowest BCUT2D eigenvalue weighted by Gasteiger charge is -2.12. The molecule has 0 bridgehead atoms. The van der Waals surface area contributed by atoms with E-state index in [1.807, 2.05) is 122 Å². The van der Waals surface area contributed by atoms with E-state index in [4.69, 9.17) is 59.8 Å². The monoisotopic (exact) mass is 1780 g/mol.